The van der Waals surface area contributed by atoms with Crippen LogP contribution in [-0.2, 0) is 0 Å². The summed E-state index contributed by atoms with van der Waals surface area (Å²) in [5, 5.41) is 8.70. The molecule has 7 nitrogen and oxygen atoms in total. The minimum atomic E-state index is -0.681. The number of nitrogen functional groups attached to an aromatic ring is 1. The number of halogens is 1. The van der Waals surface area contributed by atoms with Gasteiger partial charge in [0.2, 0.25) is 5.82 Å². The van der Waals surface area contributed by atoms with Gasteiger partial charge in [-0.3, -0.25) is 9.78 Å². The SMILES string of the molecule is Nc1ccc(Cl)c(Nc2n[nH]c(=O)[nH]c2=O)c1. The topological polar surface area (TPSA) is 117 Å². The zero-order valence-electron chi connectivity index (χ0n) is 8.45. The molecule has 0 fully saturated rings. The fraction of sp³-hybridized carbons (Fsp3) is 0. The largest absolute Gasteiger partial charge is 0.399 e. The third-order valence-corrected chi connectivity index (χ3v) is 2.28. The van der Waals surface area contributed by atoms with E-state index in [2.05, 4.69) is 15.5 Å². The summed E-state index contributed by atoms with van der Waals surface area (Å²) >= 11 is 5.90. The molecule has 8 heteroatoms. The van der Waals surface area contributed by atoms with Gasteiger partial charge in [-0.05, 0) is 18.2 Å². The highest BCUT2D eigenvalue weighted by molar-refractivity contribution is 6.33. The molecule has 1 heterocycles. The molecular formula is C9H8ClN5O2. The van der Waals surface area contributed by atoms with Crippen LogP contribution in [0.15, 0.2) is 27.8 Å². The van der Waals surface area contributed by atoms with Gasteiger partial charge in [0.15, 0.2) is 0 Å². The average Bonchev–Trinajstić information content (AvgIpc) is 2.27. The maximum Gasteiger partial charge on any atom is 0.342 e. The molecule has 0 amide bonds. The fourth-order valence-corrected chi connectivity index (χ4v) is 1.36. The molecule has 1 aromatic heterocycles. The van der Waals surface area contributed by atoms with E-state index in [4.69, 9.17) is 17.3 Å². The molecule has 1 aromatic carbocycles. The first-order valence-corrected chi connectivity index (χ1v) is 4.95. The first-order valence-electron chi connectivity index (χ1n) is 4.57. The summed E-state index contributed by atoms with van der Waals surface area (Å²) < 4.78 is 0. The molecule has 0 radical (unpaired) electrons. The van der Waals surface area contributed by atoms with E-state index in [1.165, 1.54) is 0 Å². The Morgan fingerprint density at radius 2 is 2.12 bits per heavy atom. The van der Waals surface area contributed by atoms with Crippen LogP contribution in [0.1, 0.15) is 0 Å². The van der Waals surface area contributed by atoms with E-state index in [-0.39, 0.29) is 5.82 Å². The van der Waals surface area contributed by atoms with E-state index in [0.29, 0.717) is 16.4 Å². The number of nitrogens with two attached hydrogens (primary N) is 1. The van der Waals surface area contributed by atoms with Gasteiger partial charge < -0.3 is 11.1 Å². The van der Waals surface area contributed by atoms with Crippen molar-refractivity contribution in [3.8, 4) is 0 Å². The minimum Gasteiger partial charge on any atom is -0.399 e. The summed E-state index contributed by atoms with van der Waals surface area (Å²) in [5.41, 5.74) is 5.16. The molecule has 0 aliphatic carbocycles. The standard InChI is InChI=1S/C9H8ClN5O2/c10-5-2-1-4(11)3-6(5)12-7-8(16)13-9(17)15-14-7/h1-3H,11H2,(H,12,14)(H2,13,15,16,17). The Morgan fingerprint density at radius 1 is 1.35 bits per heavy atom. The molecule has 17 heavy (non-hydrogen) atoms. The Hall–Kier alpha value is -2.28. The number of aromatic amines is 2. The smallest absolute Gasteiger partial charge is 0.342 e. The lowest BCUT2D eigenvalue weighted by Gasteiger charge is -2.06. The van der Waals surface area contributed by atoms with Gasteiger partial charge in [-0.15, -0.1) is 5.10 Å². The number of anilines is 3. The van der Waals surface area contributed by atoms with Crippen molar-refractivity contribution in [1.29, 1.82) is 0 Å². The molecular weight excluding hydrogens is 246 g/mol. The molecule has 0 atom stereocenters. The average molecular weight is 254 g/mol. The Morgan fingerprint density at radius 3 is 2.82 bits per heavy atom. The van der Waals surface area contributed by atoms with Crippen LogP contribution in [0.4, 0.5) is 17.2 Å². The summed E-state index contributed by atoms with van der Waals surface area (Å²) in [6.45, 7) is 0. The number of rotatable bonds is 2. The number of H-pyrrole nitrogens is 2. The van der Waals surface area contributed by atoms with Crippen LogP contribution >= 0.6 is 11.6 Å². The van der Waals surface area contributed by atoms with Gasteiger partial charge in [-0.25, -0.2) is 9.89 Å². The van der Waals surface area contributed by atoms with Crippen LogP contribution < -0.4 is 22.3 Å². The van der Waals surface area contributed by atoms with Crippen molar-refractivity contribution in [3.63, 3.8) is 0 Å². The van der Waals surface area contributed by atoms with E-state index >= 15 is 0 Å². The lowest BCUT2D eigenvalue weighted by atomic mass is 10.3. The summed E-state index contributed by atoms with van der Waals surface area (Å²) in [4.78, 5) is 24.2. The van der Waals surface area contributed by atoms with Crippen molar-refractivity contribution < 1.29 is 0 Å². The van der Waals surface area contributed by atoms with Crippen molar-refractivity contribution >= 4 is 28.8 Å². The van der Waals surface area contributed by atoms with Gasteiger partial charge in [0.1, 0.15) is 0 Å². The number of hydrogen-bond donors (Lipinski definition) is 4. The van der Waals surface area contributed by atoms with Crippen LogP contribution in [0.3, 0.4) is 0 Å². The molecule has 0 saturated heterocycles. The second-order valence-corrected chi connectivity index (χ2v) is 3.63. The lowest BCUT2D eigenvalue weighted by Crippen LogP contribution is -2.25. The van der Waals surface area contributed by atoms with E-state index in [1.54, 1.807) is 18.2 Å². The van der Waals surface area contributed by atoms with Crippen molar-refractivity contribution in [1.82, 2.24) is 15.2 Å². The van der Waals surface area contributed by atoms with Gasteiger partial charge >= 0.3 is 5.69 Å². The van der Waals surface area contributed by atoms with Crippen molar-refractivity contribution in [2.24, 2.45) is 0 Å². The highest BCUT2D eigenvalue weighted by atomic mass is 35.5. The molecule has 0 aliphatic rings. The van der Waals surface area contributed by atoms with E-state index in [0.717, 1.165) is 0 Å². The Labute approximate surface area is 99.6 Å². The quantitative estimate of drug-likeness (QED) is 0.580. The van der Waals surface area contributed by atoms with E-state index in [9.17, 15) is 9.59 Å². The first-order chi connectivity index (χ1) is 8.06. The van der Waals surface area contributed by atoms with Crippen LogP contribution in [0.25, 0.3) is 0 Å². The second-order valence-electron chi connectivity index (χ2n) is 3.22. The Kier molecular flexibility index (Phi) is 2.84. The summed E-state index contributed by atoms with van der Waals surface area (Å²) in [5.74, 6) is -0.0721. The molecule has 0 saturated carbocycles. The first kappa shape index (κ1) is 11.2. The molecule has 0 aliphatic heterocycles. The fourth-order valence-electron chi connectivity index (χ4n) is 1.20. The molecule has 88 valence electrons. The predicted molar refractivity (Wildman–Crippen MR) is 64.6 cm³/mol. The van der Waals surface area contributed by atoms with Gasteiger partial charge in [-0.1, -0.05) is 11.6 Å². The zero-order valence-corrected chi connectivity index (χ0v) is 9.21. The highest BCUT2D eigenvalue weighted by Gasteiger charge is 2.06. The Bertz CT molecular complexity index is 663. The molecule has 0 unspecified atom stereocenters. The summed E-state index contributed by atoms with van der Waals surface area (Å²) in [6, 6.07) is 4.76. The van der Waals surface area contributed by atoms with E-state index in [1.807, 2.05) is 4.98 Å². The number of benzene rings is 1. The molecule has 0 spiro atoms. The van der Waals surface area contributed by atoms with Crippen LogP contribution in [0, 0.1) is 0 Å². The van der Waals surface area contributed by atoms with Crippen molar-refractivity contribution in [3.05, 3.63) is 44.1 Å². The third-order valence-electron chi connectivity index (χ3n) is 1.95. The van der Waals surface area contributed by atoms with Crippen molar-refractivity contribution in [2.75, 3.05) is 11.1 Å². The van der Waals surface area contributed by atoms with Gasteiger partial charge in [-0.2, -0.15) is 0 Å². The number of nitrogens with zero attached hydrogens (tertiary/aromatic N) is 1. The normalized spacial score (nSPS) is 10.2. The van der Waals surface area contributed by atoms with E-state index < -0.39 is 11.2 Å². The number of aromatic nitrogens is 3. The number of nitrogens with one attached hydrogen (secondary N) is 3. The molecule has 2 rings (SSSR count). The van der Waals surface area contributed by atoms with Crippen LogP contribution in [0.5, 0.6) is 0 Å². The monoisotopic (exact) mass is 253 g/mol. The molecule has 0 bridgehead atoms. The lowest BCUT2D eigenvalue weighted by molar-refractivity contribution is 0.897. The maximum atomic E-state index is 11.4. The Balaban J connectivity index is 2.41. The van der Waals surface area contributed by atoms with Gasteiger partial charge in [0.25, 0.3) is 5.56 Å². The van der Waals surface area contributed by atoms with Crippen molar-refractivity contribution in [2.45, 2.75) is 0 Å². The number of hydrogen-bond acceptors (Lipinski definition) is 5. The van der Waals surface area contributed by atoms with Gasteiger partial charge in [0, 0.05) is 5.69 Å². The maximum absolute atomic E-state index is 11.4. The molecule has 5 N–H and O–H groups in total. The van der Waals surface area contributed by atoms with Gasteiger partial charge in [0.05, 0.1) is 10.7 Å². The summed E-state index contributed by atoms with van der Waals surface area (Å²) in [7, 11) is 0. The second kappa shape index (κ2) is 4.30. The minimum absolute atomic E-state index is 0.0721. The predicted octanol–water partition coefficient (Wildman–Crippen LogP) is 0.437. The summed E-state index contributed by atoms with van der Waals surface area (Å²) in [6.07, 6.45) is 0. The van der Waals surface area contributed by atoms with Crippen LogP contribution in [0.2, 0.25) is 5.02 Å². The zero-order chi connectivity index (χ0) is 12.4. The third kappa shape index (κ3) is 2.45. The van der Waals surface area contributed by atoms with Crippen LogP contribution in [-0.4, -0.2) is 15.2 Å². The highest BCUT2D eigenvalue weighted by Crippen LogP contribution is 2.25. The molecule has 2 aromatic rings.